The summed E-state index contributed by atoms with van der Waals surface area (Å²) in [5, 5.41) is 2.88. The average molecular weight is 417 g/mol. The molecule has 152 valence electrons. The summed E-state index contributed by atoms with van der Waals surface area (Å²) in [4.78, 5) is 27.2. The molecule has 0 radical (unpaired) electrons. The highest BCUT2D eigenvalue weighted by molar-refractivity contribution is 8.00. The fourth-order valence-corrected chi connectivity index (χ4v) is 4.79. The molecule has 0 saturated carbocycles. The predicted molar refractivity (Wildman–Crippen MR) is 124 cm³/mol. The zero-order valence-electron chi connectivity index (χ0n) is 17.3. The molecule has 1 heterocycles. The van der Waals surface area contributed by atoms with Crippen molar-refractivity contribution in [3.05, 3.63) is 94.5 Å². The third kappa shape index (κ3) is 3.98. The maximum atomic E-state index is 12.7. The number of carbonyl (C=O) groups excluding carboxylic acids is 2. The van der Waals surface area contributed by atoms with E-state index < -0.39 is 0 Å². The lowest BCUT2D eigenvalue weighted by Gasteiger charge is -2.25. The molecular formula is C25H24N2O2S. The van der Waals surface area contributed by atoms with Crippen molar-refractivity contribution in [1.82, 2.24) is 0 Å². The van der Waals surface area contributed by atoms with E-state index in [0.29, 0.717) is 11.3 Å². The number of aryl methyl sites for hydroxylation is 3. The van der Waals surface area contributed by atoms with Crippen LogP contribution in [0.1, 0.15) is 38.0 Å². The van der Waals surface area contributed by atoms with E-state index >= 15 is 0 Å². The molecular weight excluding hydrogens is 392 g/mol. The van der Waals surface area contributed by atoms with Crippen molar-refractivity contribution >= 4 is 35.0 Å². The van der Waals surface area contributed by atoms with Crippen molar-refractivity contribution in [3.8, 4) is 0 Å². The highest BCUT2D eigenvalue weighted by Crippen LogP contribution is 2.42. The van der Waals surface area contributed by atoms with Crippen LogP contribution in [0, 0.1) is 20.8 Å². The number of benzene rings is 3. The number of nitrogens with zero attached hydrogens (tertiary/aromatic N) is 1. The van der Waals surface area contributed by atoms with E-state index in [0.717, 1.165) is 28.1 Å². The SMILES string of the molecule is Cc1ccc(N2C(=O)CSC2c2cccc(NC(=O)c3ccccc3C)c2)cc1C. The molecule has 1 aliphatic rings. The normalized spacial score (nSPS) is 16.0. The summed E-state index contributed by atoms with van der Waals surface area (Å²) in [5.74, 6) is 0.409. The van der Waals surface area contributed by atoms with E-state index in [1.165, 1.54) is 5.56 Å². The Hall–Kier alpha value is -3.05. The maximum Gasteiger partial charge on any atom is 0.255 e. The molecule has 0 aromatic heterocycles. The van der Waals surface area contributed by atoms with E-state index in [1.807, 2.05) is 66.4 Å². The molecule has 0 aliphatic carbocycles. The Morgan fingerprint density at radius 1 is 0.933 bits per heavy atom. The van der Waals surface area contributed by atoms with Gasteiger partial charge in [0.15, 0.2) is 0 Å². The number of nitrogens with one attached hydrogen (secondary N) is 1. The molecule has 4 rings (SSSR count). The number of thioether (sulfide) groups is 1. The molecule has 1 aliphatic heterocycles. The summed E-state index contributed by atoms with van der Waals surface area (Å²) in [6.07, 6.45) is 0. The van der Waals surface area contributed by atoms with Gasteiger partial charge in [-0.1, -0.05) is 36.4 Å². The molecule has 1 unspecified atom stereocenters. The molecule has 1 atom stereocenters. The monoisotopic (exact) mass is 416 g/mol. The van der Waals surface area contributed by atoms with Crippen molar-refractivity contribution in [2.24, 2.45) is 0 Å². The van der Waals surface area contributed by atoms with Crippen LogP contribution in [-0.4, -0.2) is 17.6 Å². The fraction of sp³-hybridized carbons (Fsp3) is 0.200. The molecule has 0 bridgehead atoms. The minimum absolute atomic E-state index is 0.0996. The van der Waals surface area contributed by atoms with Gasteiger partial charge in [-0.2, -0.15) is 0 Å². The number of anilines is 2. The van der Waals surface area contributed by atoms with Crippen molar-refractivity contribution in [2.75, 3.05) is 16.0 Å². The maximum absolute atomic E-state index is 12.7. The van der Waals surface area contributed by atoms with Gasteiger partial charge in [0.25, 0.3) is 5.91 Å². The van der Waals surface area contributed by atoms with Crippen LogP contribution in [0.3, 0.4) is 0 Å². The van der Waals surface area contributed by atoms with Crippen LogP contribution < -0.4 is 10.2 Å². The standard InChI is InChI=1S/C25H24N2O2S/c1-16-11-12-21(13-18(16)3)27-23(28)15-30-25(27)19-8-6-9-20(14-19)26-24(29)22-10-5-4-7-17(22)2/h4-14,25H,15H2,1-3H3,(H,26,29). The van der Waals surface area contributed by atoms with Gasteiger partial charge in [-0.25, -0.2) is 0 Å². The largest absolute Gasteiger partial charge is 0.322 e. The van der Waals surface area contributed by atoms with Crippen molar-refractivity contribution < 1.29 is 9.59 Å². The summed E-state index contributed by atoms with van der Waals surface area (Å²) < 4.78 is 0. The molecule has 0 spiro atoms. The van der Waals surface area contributed by atoms with Crippen LogP contribution in [-0.2, 0) is 4.79 Å². The Kier molecular flexibility index (Phi) is 5.64. The lowest BCUT2D eigenvalue weighted by Crippen LogP contribution is -2.28. The van der Waals surface area contributed by atoms with Gasteiger partial charge in [-0.05, 0) is 73.4 Å². The summed E-state index contributed by atoms with van der Waals surface area (Å²) in [6, 6.07) is 21.4. The zero-order chi connectivity index (χ0) is 21.3. The topological polar surface area (TPSA) is 49.4 Å². The number of carbonyl (C=O) groups is 2. The molecule has 3 aromatic carbocycles. The van der Waals surface area contributed by atoms with E-state index in [4.69, 9.17) is 0 Å². The number of rotatable bonds is 4. The van der Waals surface area contributed by atoms with E-state index in [1.54, 1.807) is 11.8 Å². The van der Waals surface area contributed by atoms with Gasteiger partial charge in [0.1, 0.15) is 5.37 Å². The van der Waals surface area contributed by atoms with Crippen LogP contribution in [0.2, 0.25) is 0 Å². The van der Waals surface area contributed by atoms with Gasteiger partial charge in [0, 0.05) is 16.9 Å². The van der Waals surface area contributed by atoms with Crippen molar-refractivity contribution in [3.63, 3.8) is 0 Å². The second kappa shape index (κ2) is 8.36. The molecule has 1 N–H and O–H groups in total. The van der Waals surface area contributed by atoms with Gasteiger partial charge in [-0.3, -0.25) is 14.5 Å². The third-order valence-corrected chi connectivity index (χ3v) is 6.67. The van der Waals surface area contributed by atoms with E-state index in [2.05, 4.69) is 31.3 Å². The Morgan fingerprint density at radius 2 is 1.73 bits per heavy atom. The van der Waals surface area contributed by atoms with Crippen LogP contribution in [0.5, 0.6) is 0 Å². The van der Waals surface area contributed by atoms with E-state index in [9.17, 15) is 9.59 Å². The predicted octanol–water partition coefficient (Wildman–Crippen LogP) is 5.64. The first kappa shape index (κ1) is 20.2. The first-order chi connectivity index (χ1) is 14.4. The van der Waals surface area contributed by atoms with Gasteiger partial charge < -0.3 is 5.32 Å². The first-order valence-corrected chi connectivity index (χ1v) is 11.0. The van der Waals surface area contributed by atoms with Gasteiger partial charge in [-0.15, -0.1) is 11.8 Å². The van der Waals surface area contributed by atoms with Crippen molar-refractivity contribution in [2.45, 2.75) is 26.1 Å². The highest BCUT2D eigenvalue weighted by Gasteiger charge is 2.34. The van der Waals surface area contributed by atoms with Crippen LogP contribution >= 0.6 is 11.8 Å². The fourth-order valence-electron chi connectivity index (χ4n) is 3.62. The van der Waals surface area contributed by atoms with Crippen LogP contribution in [0.4, 0.5) is 11.4 Å². The number of hydrogen-bond donors (Lipinski definition) is 1. The zero-order valence-corrected chi connectivity index (χ0v) is 18.1. The summed E-state index contributed by atoms with van der Waals surface area (Å²) in [7, 11) is 0. The average Bonchev–Trinajstić information content (AvgIpc) is 3.12. The number of hydrogen-bond acceptors (Lipinski definition) is 3. The van der Waals surface area contributed by atoms with Crippen LogP contribution in [0.15, 0.2) is 66.7 Å². The van der Waals surface area contributed by atoms with Crippen molar-refractivity contribution in [1.29, 1.82) is 0 Å². The quantitative estimate of drug-likeness (QED) is 0.598. The second-order valence-corrected chi connectivity index (χ2v) is 8.66. The Labute approximate surface area is 181 Å². The molecule has 3 aromatic rings. The third-order valence-electron chi connectivity index (χ3n) is 5.46. The molecule has 2 amide bonds. The molecule has 4 nitrogen and oxygen atoms in total. The minimum Gasteiger partial charge on any atom is -0.322 e. The lowest BCUT2D eigenvalue weighted by atomic mass is 10.1. The second-order valence-electron chi connectivity index (χ2n) is 7.59. The number of amides is 2. The van der Waals surface area contributed by atoms with Gasteiger partial charge >= 0.3 is 0 Å². The van der Waals surface area contributed by atoms with Gasteiger partial charge in [0.05, 0.1) is 5.75 Å². The minimum atomic E-state index is -0.133. The molecule has 5 heteroatoms. The summed E-state index contributed by atoms with van der Waals surface area (Å²) in [6.45, 7) is 6.05. The Balaban J connectivity index is 1.61. The summed E-state index contributed by atoms with van der Waals surface area (Å²) in [5.41, 5.74) is 6.58. The van der Waals surface area contributed by atoms with E-state index in [-0.39, 0.29) is 17.2 Å². The smallest absolute Gasteiger partial charge is 0.255 e. The molecule has 30 heavy (non-hydrogen) atoms. The molecule has 1 fully saturated rings. The highest BCUT2D eigenvalue weighted by atomic mass is 32.2. The Bertz CT molecular complexity index is 1130. The lowest BCUT2D eigenvalue weighted by molar-refractivity contribution is -0.115. The summed E-state index contributed by atoms with van der Waals surface area (Å²) >= 11 is 1.61. The Morgan fingerprint density at radius 3 is 2.50 bits per heavy atom. The van der Waals surface area contributed by atoms with Crippen LogP contribution in [0.25, 0.3) is 0 Å². The first-order valence-electron chi connectivity index (χ1n) is 9.92. The molecule has 1 saturated heterocycles. The van der Waals surface area contributed by atoms with Gasteiger partial charge in [0.2, 0.25) is 5.91 Å².